The maximum Gasteiger partial charge on any atom is 0.193 e. The van der Waals surface area contributed by atoms with Gasteiger partial charge in [0.2, 0.25) is 0 Å². The van der Waals surface area contributed by atoms with Crippen molar-refractivity contribution < 1.29 is 14.6 Å². The Morgan fingerprint density at radius 2 is 1.84 bits per heavy atom. The lowest BCUT2D eigenvalue weighted by atomic mass is 10.1. The van der Waals surface area contributed by atoms with Gasteiger partial charge in [0.1, 0.15) is 6.61 Å². The number of anilines is 1. The minimum atomic E-state index is -0.0450. The van der Waals surface area contributed by atoms with Crippen molar-refractivity contribution >= 4 is 11.6 Å². The number of nitrogens with zero attached hydrogens (tertiary/aromatic N) is 1. The van der Waals surface area contributed by atoms with Crippen molar-refractivity contribution in [1.29, 1.82) is 0 Å². The molecule has 2 aromatic rings. The van der Waals surface area contributed by atoms with E-state index >= 15 is 0 Å². The van der Waals surface area contributed by atoms with E-state index in [0.717, 1.165) is 17.7 Å². The minimum Gasteiger partial charge on any atom is -0.493 e. The molecule has 2 aromatic carbocycles. The molecule has 134 valence electrons. The van der Waals surface area contributed by atoms with Crippen molar-refractivity contribution in [1.82, 2.24) is 0 Å². The number of hydrogen-bond donors (Lipinski definition) is 3. The molecule has 2 rings (SSSR count). The zero-order valence-corrected chi connectivity index (χ0v) is 14.7. The fourth-order valence-corrected chi connectivity index (χ4v) is 2.27. The Morgan fingerprint density at radius 1 is 1.12 bits per heavy atom. The molecule has 0 fully saturated rings. The average Bonchev–Trinajstić information content (AvgIpc) is 2.65. The van der Waals surface area contributed by atoms with Gasteiger partial charge in [-0.25, -0.2) is 4.99 Å². The van der Waals surface area contributed by atoms with Gasteiger partial charge in [-0.15, -0.1) is 0 Å². The van der Waals surface area contributed by atoms with Gasteiger partial charge in [0, 0.05) is 5.69 Å². The summed E-state index contributed by atoms with van der Waals surface area (Å²) in [6, 6.07) is 13.6. The van der Waals surface area contributed by atoms with Crippen LogP contribution in [0.5, 0.6) is 11.5 Å². The van der Waals surface area contributed by atoms with Crippen molar-refractivity contribution in [2.45, 2.75) is 19.9 Å². The topological polar surface area (TPSA) is 89.1 Å². The highest BCUT2D eigenvalue weighted by Gasteiger charge is 2.05. The zero-order valence-electron chi connectivity index (χ0n) is 14.7. The standard InChI is InChI=1S/C19H25N3O3/c1-3-14-4-7-16(8-5-14)22-19(20)21-13-15-6-9-17(25-11-10-23)18(12-15)24-2/h4-9,12,23H,3,10-11,13H2,1-2H3,(H3,20,21,22). The van der Waals surface area contributed by atoms with Crippen LogP contribution in [0, 0.1) is 0 Å². The molecule has 0 heterocycles. The highest BCUT2D eigenvalue weighted by Crippen LogP contribution is 2.28. The molecular formula is C19H25N3O3. The first-order valence-corrected chi connectivity index (χ1v) is 8.22. The van der Waals surface area contributed by atoms with Gasteiger partial charge in [0.15, 0.2) is 17.5 Å². The lowest BCUT2D eigenvalue weighted by Crippen LogP contribution is -2.22. The number of aliphatic hydroxyl groups is 1. The van der Waals surface area contributed by atoms with E-state index in [4.69, 9.17) is 20.3 Å². The van der Waals surface area contributed by atoms with Crippen LogP contribution < -0.4 is 20.5 Å². The van der Waals surface area contributed by atoms with Crippen molar-refractivity contribution in [3.8, 4) is 11.5 Å². The quantitative estimate of drug-likeness (QED) is 0.506. The summed E-state index contributed by atoms with van der Waals surface area (Å²) in [5.74, 6) is 1.54. The van der Waals surface area contributed by atoms with Gasteiger partial charge in [-0.3, -0.25) is 0 Å². The van der Waals surface area contributed by atoms with Crippen LogP contribution in [-0.2, 0) is 13.0 Å². The molecular weight excluding hydrogens is 318 g/mol. The number of rotatable bonds is 8. The summed E-state index contributed by atoms with van der Waals surface area (Å²) in [4.78, 5) is 4.35. The van der Waals surface area contributed by atoms with Crippen LogP contribution in [0.2, 0.25) is 0 Å². The molecule has 0 radical (unpaired) electrons. The van der Waals surface area contributed by atoms with E-state index in [9.17, 15) is 0 Å². The van der Waals surface area contributed by atoms with E-state index < -0.39 is 0 Å². The highest BCUT2D eigenvalue weighted by molar-refractivity contribution is 5.92. The Morgan fingerprint density at radius 3 is 2.48 bits per heavy atom. The van der Waals surface area contributed by atoms with Crippen molar-refractivity contribution in [3.63, 3.8) is 0 Å². The molecule has 0 aliphatic heterocycles. The van der Waals surface area contributed by atoms with Crippen molar-refractivity contribution in [3.05, 3.63) is 53.6 Å². The summed E-state index contributed by atoms with van der Waals surface area (Å²) >= 11 is 0. The fourth-order valence-electron chi connectivity index (χ4n) is 2.27. The Labute approximate surface area is 148 Å². The molecule has 0 atom stereocenters. The first kappa shape index (κ1) is 18.6. The van der Waals surface area contributed by atoms with E-state index in [1.54, 1.807) is 13.2 Å². The van der Waals surface area contributed by atoms with E-state index in [2.05, 4.69) is 29.4 Å². The van der Waals surface area contributed by atoms with E-state index in [-0.39, 0.29) is 13.2 Å². The van der Waals surface area contributed by atoms with E-state index in [1.807, 2.05) is 24.3 Å². The third kappa shape index (κ3) is 5.69. The maximum atomic E-state index is 8.84. The maximum absolute atomic E-state index is 8.84. The number of nitrogens with two attached hydrogens (primary N) is 1. The summed E-state index contributed by atoms with van der Waals surface area (Å²) in [6.45, 7) is 2.72. The smallest absolute Gasteiger partial charge is 0.193 e. The van der Waals surface area contributed by atoms with Gasteiger partial charge in [0.05, 0.1) is 20.3 Å². The predicted molar refractivity (Wildman–Crippen MR) is 100 cm³/mol. The Bertz CT molecular complexity index is 700. The zero-order chi connectivity index (χ0) is 18.1. The van der Waals surface area contributed by atoms with Gasteiger partial charge in [0.25, 0.3) is 0 Å². The number of ether oxygens (including phenoxy) is 2. The summed E-state index contributed by atoms with van der Waals surface area (Å²) in [5, 5.41) is 11.9. The van der Waals surface area contributed by atoms with Crippen molar-refractivity contribution in [2.24, 2.45) is 10.7 Å². The molecule has 0 amide bonds. The Kier molecular flexibility index (Phi) is 7.10. The molecule has 0 saturated carbocycles. The van der Waals surface area contributed by atoms with Crippen LogP contribution in [0.25, 0.3) is 0 Å². The Hall–Kier alpha value is -2.73. The molecule has 0 aromatic heterocycles. The summed E-state index contributed by atoms with van der Waals surface area (Å²) < 4.78 is 10.7. The largest absolute Gasteiger partial charge is 0.493 e. The van der Waals surface area contributed by atoms with Crippen LogP contribution in [-0.4, -0.2) is 31.4 Å². The Balaban J connectivity index is 1.99. The molecule has 4 N–H and O–H groups in total. The minimum absolute atomic E-state index is 0.0450. The highest BCUT2D eigenvalue weighted by atomic mass is 16.5. The first-order valence-electron chi connectivity index (χ1n) is 8.22. The normalized spacial score (nSPS) is 11.2. The van der Waals surface area contributed by atoms with E-state index in [0.29, 0.717) is 24.0 Å². The molecule has 6 heteroatoms. The number of guanidine groups is 1. The number of aliphatic hydroxyl groups excluding tert-OH is 1. The third-order valence-corrected chi connectivity index (χ3v) is 3.64. The second-order valence-corrected chi connectivity index (χ2v) is 5.43. The molecule has 6 nitrogen and oxygen atoms in total. The fraction of sp³-hybridized carbons (Fsp3) is 0.316. The average molecular weight is 343 g/mol. The predicted octanol–water partition coefficient (Wildman–Crippen LogP) is 2.56. The number of aliphatic imine (C=N–C) groups is 1. The third-order valence-electron chi connectivity index (χ3n) is 3.64. The van der Waals surface area contributed by atoms with Crippen LogP contribution >= 0.6 is 0 Å². The molecule has 0 aliphatic carbocycles. The molecule has 0 unspecified atom stereocenters. The second kappa shape index (κ2) is 9.54. The van der Waals surface area contributed by atoms with Crippen LogP contribution in [0.1, 0.15) is 18.1 Å². The first-order chi connectivity index (χ1) is 12.2. The van der Waals surface area contributed by atoms with Crippen LogP contribution in [0.3, 0.4) is 0 Å². The van der Waals surface area contributed by atoms with Gasteiger partial charge in [-0.1, -0.05) is 25.1 Å². The second-order valence-electron chi connectivity index (χ2n) is 5.43. The monoisotopic (exact) mass is 343 g/mol. The van der Waals surface area contributed by atoms with Gasteiger partial charge >= 0.3 is 0 Å². The number of hydrogen-bond acceptors (Lipinski definition) is 4. The van der Waals surface area contributed by atoms with Gasteiger partial charge in [-0.2, -0.15) is 0 Å². The lowest BCUT2D eigenvalue weighted by molar-refractivity contribution is 0.196. The SMILES string of the molecule is CCc1ccc(NC(N)=NCc2ccc(OCCO)c(OC)c2)cc1. The summed E-state index contributed by atoms with van der Waals surface area (Å²) in [7, 11) is 1.57. The molecule has 0 spiro atoms. The number of methoxy groups -OCH3 is 1. The molecule has 0 bridgehead atoms. The van der Waals surface area contributed by atoms with Crippen molar-refractivity contribution in [2.75, 3.05) is 25.6 Å². The van der Waals surface area contributed by atoms with Crippen LogP contribution in [0.4, 0.5) is 5.69 Å². The summed E-state index contributed by atoms with van der Waals surface area (Å²) in [5.41, 5.74) is 9.07. The summed E-state index contributed by atoms with van der Waals surface area (Å²) in [6.07, 6.45) is 1.00. The number of benzene rings is 2. The number of aryl methyl sites for hydroxylation is 1. The molecule has 0 saturated heterocycles. The molecule has 25 heavy (non-hydrogen) atoms. The number of nitrogens with one attached hydrogen (secondary N) is 1. The van der Waals surface area contributed by atoms with E-state index in [1.165, 1.54) is 5.56 Å². The lowest BCUT2D eigenvalue weighted by Gasteiger charge is -2.11. The molecule has 0 aliphatic rings. The van der Waals surface area contributed by atoms with Gasteiger partial charge < -0.3 is 25.6 Å². The van der Waals surface area contributed by atoms with Gasteiger partial charge in [-0.05, 0) is 41.8 Å². The van der Waals surface area contributed by atoms with Crippen LogP contribution in [0.15, 0.2) is 47.5 Å².